The highest BCUT2D eigenvalue weighted by molar-refractivity contribution is 5.83. The Hall–Kier alpha value is -2.75. The third-order valence-electron chi connectivity index (χ3n) is 4.90. The normalized spacial score (nSPS) is 13.2. The van der Waals surface area contributed by atoms with Gasteiger partial charge in [-0.3, -0.25) is 0 Å². The Morgan fingerprint density at radius 3 is 2.19 bits per heavy atom. The number of benzene rings is 1. The first-order valence-electron chi connectivity index (χ1n) is 9.05. The fraction of sp³-hybridized carbons (Fsp3) is 0.318. The first-order valence-corrected chi connectivity index (χ1v) is 9.05. The maximum Gasteiger partial charge on any atom is 0.163 e. The second-order valence-electron chi connectivity index (χ2n) is 6.89. The molecule has 4 nitrogen and oxygen atoms in total. The lowest BCUT2D eigenvalue weighted by molar-refractivity contribution is 0.777. The summed E-state index contributed by atoms with van der Waals surface area (Å²) < 4.78 is 1.99. The zero-order valence-corrected chi connectivity index (χ0v) is 16.1. The van der Waals surface area contributed by atoms with Gasteiger partial charge in [-0.15, -0.1) is 0 Å². The van der Waals surface area contributed by atoms with E-state index in [1.165, 1.54) is 11.1 Å². The molecule has 4 rings (SSSR count). The molecule has 3 aromatic rings. The van der Waals surface area contributed by atoms with Gasteiger partial charge in [-0.25, -0.2) is 15.0 Å². The fourth-order valence-corrected chi connectivity index (χ4v) is 3.20. The number of aromatic nitrogens is 4. The van der Waals surface area contributed by atoms with Gasteiger partial charge in [-0.05, 0) is 57.2 Å². The molecule has 4 heteroatoms. The van der Waals surface area contributed by atoms with Crippen LogP contribution >= 0.6 is 0 Å². The van der Waals surface area contributed by atoms with Gasteiger partial charge in [-0.2, -0.15) is 0 Å². The monoisotopic (exact) mass is 346 g/mol. The van der Waals surface area contributed by atoms with Crippen LogP contribution in [-0.2, 0) is 19.4 Å². The van der Waals surface area contributed by atoms with Gasteiger partial charge in [0.15, 0.2) is 5.65 Å². The van der Waals surface area contributed by atoms with E-state index >= 15 is 0 Å². The standard InChI is InChI=1S/C12H14.C10H12N4/c1-9-7-11-5-3-4-6-12(11)8-10(9)2;1-4-14-6-13-9-8(7(2)3)11-5-12-10(9)14/h3-6H,7-8H2,1-2H3;5-6H,2,4H2,1,3H3. The average Bonchev–Trinajstić information content (AvgIpc) is 3.06. The van der Waals surface area contributed by atoms with E-state index in [0.29, 0.717) is 0 Å². The van der Waals surface area contributed by atoms with Crippen LogP contribution in [0.1, 0.15) is 44.5 Å². The minimum absolute atomic E-state index is 0.835. The van der Waals surface area contributed by atoms with Crippen molar-refractivity contribution in [3.8, 4) is 0 Å². The molecular weight excluding hydrogens is 320 g/mol. The van der Waals surface area contributed by atoms with Gasteiger partial charge in [0.2, 0.25) is 0 Å². The number of fused-ring (bicyclic) bond motifs is 2. The molecule has 0 saturated heterocycles. The third kappa shape index (κ3) is 3.59. The Balaban J connectivity index is 0.000000152. The smallest absolute Gasteiger partial charge is 0.163 e. The highest BCUT2D eigenvalue weighted by Crippen LogP contribution is 2.25. The second kappa shape index (κ2) is 7.65. The molecule has 1 aliphatic carbocycles. The molecule has 0 N–H and O–H groups in total. The number of hydrogen-bond donors (Lipinski definition) is 0. The Labute approximate surface area is 155 Å². The van der Waals surface area contributed by atoms with E-state index in [0.717, 1.165) is 41.8 Å². The molecule has 2 aromatic heterocycles. The Bertz CT molecular complexity index is 946. The van der Waals surface area contributed by atoms with Gasteiger partial charge in [0, 0.05) is 6.54 Å². The summed E-state index contributed by atoms with van der Waals surface area (Å²) in [6.07, 6.45) is 5.65. The number of nitrogens with zero attached hydrogens (tertiary/aromatic N) is 4. The first-order chi connectivity index (χ1) is 12.5. The second-order valence-corrected chi connectivity index (χ2v) is 6.89. The van der Waals surface area contributed by atoms with Crippen LogP contribution < -0.4 is 0 Å². The average molecular weight is 346 g/mol. The zero-order valence-electron chi connectivity index (χ0n) is 16.1. The van der Waals surface area contributed by atoms with E-state index in [9.17, 15) is 0 Å². The first kappa shape index (κ1) is 18.1. The van der Waals surface area contributed by atoms with Crippen LogP contribution in [0.3, 0.4) is 0 Å². The van der Waals surface area contributed by atoms with Crippen molar-refractivity contribution in [1.29, 1.82) is 0 Å². The summed E-state index contributed by atoms with van der Waals surface area (Å²) >= 11 is 0. The van der Waals surface area contributed by atoms with E-state index in [-0.39, 0.29) is 0 Å². The van der Waals surface area contributed by atoms with Crippen molar-refractivity contribution in [2.45, 2.75) is 47.1 Å². The SMILES string of the molecule is C=C(C)c1ncnc2c1ncn2CC.CC1=C(C)Cc2ccccc2C1. The minimum atomic E-state index is 0.835. The van der Waals surface area contributed by atoms with Crippen molar-refractivity contribution in [2.75, 3.05) is 0 Å². The summed E-state index contributed by atoms with van der Waals surface area (Å²) in [7, 11) is 0. The largest absolute Gasteiger partial charge is 0.315 e. The van der Waals surface area contributed by atoms with E-state index in [2.05, 4.69) is 66.6 Å². The zero-order chi connectivity index (χ0) is 18.7. The molecule has 0 bridgehead atoms. The van der Waals surface area contributed by atoms with Crippen LogP contribution in [0.5, 0.6) is 0 Å². The highest BCUT2D eigenvalue weighted by Gasteiger charge is 2.11. The van der Waals surface area contributed by atoms with Crippen molar-refractivity contribution in [1.82, 2.24) is 19.5 Å². The van der Waals surface area contributed by atoms with Crippen LogP contribution in [-0.4, -0.2) is 19.5 Å². The molecule has 0 unspecified atom stereocenters. The summed E-state index contributed by atoms with van der Waals surface area (Å²) in [5, 5.41) is 0. The summed E-state index contributed by atoms with van der Waals surface area (Å²) in [5.41, 5.74) is 9.59. The fourth-order valence-electron chi connectivity index (χ4n) is 3.20. The summed E-state index contributed by atoms with van der Waals surface area (Å²) in [6.45, 7) is 13.2. The van der Waals surface area contributed by atoms with Gasteiger partial charge in [0.1, 0.15) is 11.8 Å². The number of imidazole rings is 1. The quantitative estimate of drug-likeness (QED) is 0.613. The van der Waals surface area contributed by atoms with Crippen molar-refractivity contribution in [2.24, 2.45) is 0 Å². The van der Waals surface area contributed by atoms with Crippen molar-refractivity contribution >= 4 is 16.7 Å². The van der Waals surface area contributed by atoms with Crippen LogP contribution in [0.15, 0.2) is 54.6 Å². The van der Waals surface area contributed by atoms with Crippen molar-refractivity contribution < 1.29 is 0 Å². The number of allylic oxidation sites excluding steroid dienone is 3. The third-order valence-corrected chi connectivity index (χ3v) is 4.90. The molecule has 0 atom stereocenters. The number of aryl methyl sites for hydroxylation is 1. The lowest BCUT2D eigenvalue weighted by Crippen LogP contribution is -2.04. The van der Waals surface area contributed by atoms with Gasteiger partial charge in [-0.1, -0.05) is 42.0 Å². The molecule has 2 heterocycles. The van der Waals surface area contributed by atoms with Crippen molar-refractivity contribution in [3.63, 3.8) is 0 Å². The summed E-state index contributed by atoms with van der Waals surface area (Å²) in [4.78, 5) is 12.7. The van der Waals surface area contributed by atoms with Gasteiger partial charge in [0.05, 0.1) is 12.0 Å². The minimum Gasteiger partial charge on any atom is -0.315 e. The summed E-state index contributed by atoms with van der Waals surface area (Å²) in [5.74, 6) is 0. The van der Waals surface area contributed by atoms with E-state index < -0.39 is 0 Å². The highest BCUT2D eigenvalue weighted by atomic mass is 15.1. The molecule has 0 amide bonds. The number of hydrogen-bond acceptors (Lipinski definition) is 3. The predicted octanol–water partition coefficient (Wildman–Crippen LogP) is 5.00. The predicted molar refractivity (Wildman–Crippen MR) is 108 cm³/mol. The van der Waals surface area contributed by atoms with E-state index in [4.69, 9.17) is 0 Å². The molecule has 0 aliphatic heterocycles. The van der Waals surface area contributed by atoms with Crippen LogP contribution in [0.4, 0.5) is 0 Å². The summed E-state index contributed by atoms with van der Waals surface area (Å²) in [6, 6.07) is 8.75. The van der Waals surface area contributed by atoms with Crippen molar-refractivity contribution in [3.05, 3.63) is 71.5 Å². The van der Waals surface area contributed by atoms with E-state index in [1.54, 1.807) is 23.8 Å². The van der Waals surface area contributed by atoms with Crippen LogP contribution in [0.25, 0.3) is 16.7 Å². The van der Waals surface area contributed by atoms with Gasteiger partial charge in [0.25, 0.3) is 0 Å². The van der Waals surface area contributed by atoms with Crippen LogP contribution in [0, 0.1) is 0 Å². The molecule has 1 aromatic carbocycles. The maximum absolute atomic E-state index is 4.29. The molecule has 0 radical (unpaired) electrons. The maximum atomic E-state index is 4.29. The van der Waals surface area contributed by atoms with Gasteiger partial charge >= 0.3 is 0 Å². The number of rotatable bonds is 2. The molecule has 0 fully saturated rings. The van der Waals surface area contributed by atoms with E-state index in [1.807, 2.05) is 11.5 Å². The molecule has 1 aliphatic rings. The molecule has 0 saturated carbocycles. The Morgan fingerprint density at radius 1 is 1.04 bits per heavy atom. The lowest BCUT2D eigenvalue weighted by atomic mass is 9.88. The Kier molecular flexibility index (Phi) is 5.31. The lowest BCUT2D eigenvalue weighted by Gasteiger charge is -2.18. The molecular formula is C22H26N4. The topological polar surface area (TPSA) is 43.6 Å². The van der Waals surface area contributed by atoms with Crippen LogP contribution in [0.2, 0.25) is 0 Å². The molecule has 0 spiro atoms. The Morgan fingerprint density at radius 2 is 1.65 bits per heavy atom. The molecule has 134 valence electrons. The van der Waals surface area contributed by atoms with Gasteiger partial charge < -0.3 is 4.57 Å². The molecule has 26 heavy (non-hydrogen) atoms.